The van der Waals surface area contributed by atoms with Crippen LogP contribution in [-0.2, 0) is 38.7 Å². The van der Waals surface area contributed by atoms with Crippen LogP contribution in [0.25, 0.3) is 0 Å². The maximum atomic E-state index is 2.10. The molecule has 0 aliphatic heterocycles. The Morgan fingerprint density at radius 2 is 1.17 bits per heavy atom. The average Bonchev–Trinajstić information content (AvgIpc) is 1.61. The first-order chi connectivity index (χ1) is 2.91. The zero-order chi connectivity index (χ0) is 4.83. The van der Waals surface area contributed by atoms with Crippen molar-refractivity contribution in [3.63, 3.8) is 0 Å². The molecule has 0 aromatic carbocycles. The molecule has 0 aromatic rings. The number of hydrogen-bond donors (Lipinski definition) is 0. The number of allylic oxidation sites excluding steroid dienone is 2. The van der Waals surface area contributed by atoms with Gasteiger partial charge in [0.15, 0.2) is 0 Å². The topological polar surface area (TPSA) is 0 Å². The van der Waals surface area contributed by atoms with Gasteiger partial charge >= 0.3 is 59.7 Å². The van der Waals surface area contributed by atoms with Gasteiger partial charge in [-0.25, -0.2) is 0 Å². The zero-order valence-corrected chi connectivity index (χ0v) is 8.99. The van der Waals surface area contributed by atoms with E-state index < -0.39 is 0 Å². The number of rotatable bonds is 2. The molecule has 0 radical (unpaired) electrons. The molecule has 0 N–H and O–H groups in total. The first-order valence-electron chi connectivity index (χ1n) is 1.47. The Bertz CT molecular complexity index is 63.6. The summed E-state index contributed by atoms with van der Waals surface area (Å²) in [6.45, 7) is 0. The van der Waals surface area contributed by atoms with Crippen LogP contribution in [0.3, 0.4) is 0 Å². The summed E-state index contributed by atoms with van der Waals surface area (Å²) in [6, 6.07) is 0. The normalized spacial score (nSPS) is 8.67. The van der Waals surface area contributed by atoms with Gasteiger partial charge < -0.3 is 0 Å². The molecular weight excluding hydrogens is 416 g/mol. The molecule has 0 heterocycles. The molecule has 32 valence electrons. The van der Waals surface area contributed by atoms with Crippen LogP contribution in [-0.4, -0.2) is 8.80 Å². The van der Waals surface area contributed by atoms with Gasteiger partial charge in [0.1, 0.15) is 0 Å². The van der Waals surface area contributed by atoms with E-state index in [4.69, 9.17) is 0 Å². The van der Waals surface area contributed by atoms with E-state index in [-0.39, 0.29) is 0 Å². The molecule has 0 spiro atoms. The molecule has 0 aliphatic rings. The van der Waals surface area contributed by atoms with E-state index in [1.807, 2.05) is 0 Å². The van der Waals surface area contributed by atoms with E-state index in [0.29, 0.717) is 0 Å². The third-order valence-corrected chi connectivity index (χ3v) is 1.40. The summed E-state index contributed by atoms with van der Waals surface area (Å²) in [7, 11) is 0. The monoisotopic (exact) mass is 420 g/mol. The second-order valence-corrected chi connectivity index (χ2v) is 2.61. The molecule has 0 rings (SSSR count). The molecule has 0 unspecified atom stereocenters. The van der Waals surface area contributed by atoms with Gasteiger partial charge in [0.2, 0.25) is 0 Å². The minimum atomic E-state index is 1.51. The van der Waals surface area contributed by atoms with Crippen LogP contribution in [0.2, 0.25) is 0 Å². The van der Waals surface area contributed by atoms with Crippen molar-refractivity contribution in [2.24, 2.45) is 0 Å². The first-order valence-corrected chi connectivity index (χ1v) is 4.86. The van der Waals surface area contributed by atoms with Crippen molar-refractivity contribution in [1.29, 1.82) is 0 Å². The SMILES string of the molecule is [W]=[CH]/C=C/[CH]=[W]. The summed E-state index contributed by atoms with van der Waals surface area (Å²) in [5, 5.41) is 0. The molecule has 0 amide bonds. The van der Waals surface area contributed by atoms with Gasteiger partial charge in [-0.15, -0.1) is 0 Å². The van der Waals surface area contributed by atoms with Gasteiger partial charge in [0.05, 0.1) is 0 Å². The molecule has 0 fully saturated rings. The van der Waals surface area contributed by atoms with Gasteiger partial charge in [-0.1, -0.05) is 0 Å². The summed E-state index contributed by atoms with van der Waals surface area (Å²) in [5.41, 5.74) is 0. The molecule has 0 saturated carbocycles. The first kappa shape index (κ1) is 6.86. The van der Waals surface area contributed by atoms with Crippen molar-refractivity contribution < 1.29 is 38.7 Å². The van der Waals surface area contributed by atoms with Crippen LogP contribution in [0.15, 0.2) is 12.2 Å². The maximum absolute atomic E-state index is 2.10. The molecule has 0 atom stereocenters. The summed E-state index contributed by atoms with van der Waals surface area (Å²) < 4.78 is 4.19. The Morgan fingerprint density at radius 1 is 0.833 bits per heavy atom. The van der Waals surface area contributed by atoms with Crippen LogP contribution in [0, 0.1) is 0 Å². The number of hydrogen-bond acceptors (Lipinski definition) is 0. The van der Waals surface area contributed by atoms with Gasteiger partial charge in [-0.2, -0.15) is 0 Å². The third-order valence-electron chi connectivity index (χ3n) is 0.268. The van der Waals surface area contributed by atoms with E-state index in [9.17, 15) is 0 Å². The standard InChI is InChI=1S/C4H4.2W/c1-3-4-2;;/h1-4H;;/b4-3+;;. The van der Waals surface area contributed by atoms with E-state index in [1.54, 1.807) is 0 Å². The Morgan fingerprint density at radius 3 is 1.33 bits per heavy atom. The zero-order valence-electron chi connectivity index (χ0n) is 3.13. The summed E-state index contributed by atoms with van der Waals surface area (Å²) in [4.78, 5) is 0. The predicted molar refractivity (Wildman–Crippen MR) is 21.3 cm³/mol. The van der Waals surface area contributed by atoms with Crippen LogP contribution in [0.1, 0.15) is 0 Å². The van der Waals surface area contributed by atoms with E-state index in [1.165, 1.54) is 38.7 Å². The summed E-state index contributed by atoms with van der Waals surface area (Å²) >= 11 is 3.02. The Labute approximate surface area is 59.5 Å². The Balaban J connectivity index is 3.17. The second kappa shape index (κ2) is 5.86. The molecule has 0 saturated heterocycles. The van der Waals surface area contributed by atoms with Crippen LogP contribution < -0.4 is 0 Å². The molecule has 0 aromatic heterocycles. The average molecular weight is 420 g/mol. The summed E-state index contributed by atoms with van der Waals surface area (Å²) in [5.74, 6) is 0. The second-order valence-electron chi connectivity index (χ2n) is 0.657. The van der Waals surface area contributed by atoms with Crippen molar-refractivity contribution in [2.75, 3.05) is 0 Å². The van der Waals surface area contributed by atoms with Gasteiger partial charge in [0, 0.05) is 0 Å². The van der Waals surface area contributed by atoms with Crippen molar-refractivity contribution >= 4 is 8.80 Å². The Hall–Kier alpha value is 0.857. The predicted octanol–water partition coefficient (Wildman–Crippen LogP) is 0.241. The van der Waals surface area contributed by atoms with Crippen molar-refractivity contribution in [3.05, 3.63) is 12.2 Å². The van der Waals surface area contributed by atoms with E-state index >= 15 is 0 Å². The van der Waals surface area contributed by atoms with Crippen LogP contribution >= 0.6 is 0 Å². The summed E-state index contributed by atoms with van der Waals surface area (Å²) in [6.07, 6.45) is 4.12. The minimum absolute atomic E-state index is 1.51. The molecule has 6 heavy (non-hydrogen) atoms. The fourth-order valence-electron chi connectivity index (χ4n) is 0.0907. The molecule has 0 bridgehead atoms. The third kappa shape index (κ3) is 4.86. The fraction of sp³-hybridized carbons (Fsp3) is 0. The quantitative estimate of drug-likeness (QED) is 0.602. The van der Waals surface area contributed by atoms with Crippen molar-refractivity contribution in [3.8, 4) is 0 Å². The van der Waals surface area contributed by atoms with E-state index in [0.717, 1.165) is 0 Å². The van der Waals surface area contributed by atoms with Crippen LogP contribution in [0.5, 0.6) is 0 Å². The van der Waals surface area contributed by atoms with Gasteiger partial charge in [0.25, 0.3) is 0 Å². The van der Waals surface area contributed by atoms with Crippen molar-refractivity contribution in [2.45, 2.75) is 0 Å². The molecule has 0 aliphatic carbocycles. The molecule has 2 heteroatoms. The van der Waals surface area contributed by atoms with E-state index in [2.05, 4.69) is 21.0 Å². The van der Waals surface area contributed by atoms with Crippen molar-refractivity contribution in [1.82, 2.24) is 0 Å². The fourth-order valence-corrected chi connectivity index (χ4v) is 0.743. The van der Waals surface area contributed by atoms with Gasteiger partial charge in [-0.3, -0.25) is 0 Å². The molecular formula is C4H4W2. The molecule has 0 nitrogen and oxygen atoms in total. The Kier molecular flexibility index (Phi) is 6.69. The van der Waals surface area contributed by atoms with Gasteiger partial charge in [-0.05, 0) is 0 Å². The van der Waals surface area contributed by atoms with Crippen LogP contribution in [0.4, 0.5) is 0 Å².